The minimum Gasteiger partial charge on any atom is -0.497 e. The standard InChI is InChI=1S/C24H21ClFN3O6/c1-13-17(10-21(30)35-12-28-11-19(26)22(31)27-24(28)33)18-9-16(34-2)7-8-20(18)29(13)23(32)14-3-5-15(25)6-4-14/h3-9,11,18,20H,10,12H2,1-2H3,(H,27,31,33)/t18?,20-/m1/s1. The van der Waals surface area contributed by atoms with Crippen molar-refractivity contribution in [2.24, 2.45) is 5.92 Å². The first-order chi connectivity index (χ1) is 16.7. The number of hydrogen-bond acceptors (Lipinski definition) is 6. The number of H-pyrrole nitrogens is 1. The molecule has 1 aromatic carbocycles. The minimum atomic E-state index is -1.18. The number of benzene rings is 1. The second-order valence-electron chi connectivity index (χ2n) is 7.97. The molecule has 2 heterocycles. The maximum absolute atomic E-state index is 13.5. The Hall–Kier alpha value is -3.92. The predicted molar refractivity (Wildman–Crippen MR) is 124 cm³/mol. The van der Waals surface area contributed by atoms with E-state index in [1.54, 1.807) is 47.1 Å². The number of fused-ring (bicyclic) bond motifs is 1. The van der Waals surface area contributed by atoms with E-state index in [9.17, 15) is 23.6 Å². The first-order valence-electron chi connectivity index (χ1n) is 10.6. The highest BCUT2D eigenvalue weighted by Crippen LogP contribution is 2.41. The molecule has 1 unspecified atom stereocenters. The summed E-state index contributed by atoms with van der Waals surface area (Å²) in [6, 6.07) is 6.13. The van der Waals surface area contributed by atoms with Crippen LogP contribution in [0.1, 0.15) is 23.7 Å². The van der Waals surface area contributed by atoms with E-state index in [1.807, 2.05) is 12.2 Å². The molecule has 182 valence electrons. The molecule has 2 atom stereocenters. The fraction of sp³-hybridized carbons (Fsp3) is 0.250. The van der Waals surface area contributed by atoms with E-state index in [0.717, 1.165) is 4.57 Å². The number of carbonyl (C=O) groups is 2. The Morgan fingerprint density at radius 1 is 1.20 bits per heavy atom. The molecule has 0 spiro atoms. The number of allylic oxidation sites excluding steroid dienone is 2. The summed E-state index contributed by atoms with van der Waals surface area (Å²) in [5.41, 5.74) is -0.411. The maximum atomic E-state index is 13.5. The van der Waals surface area contributed by atoms with Gasteiger partial charge in [0.25, 0.3) is 11.5 Å². The summed E-state index contributed by atoms with van der Waals surface area (Å²) in [6.45, 7) is 1.16. The maximum Gasteiger partial charge on any atom is 0.331 e. The van der Waals surface area contributed by atoms with Crippen molar-refractivity contribution in [3.05, 3.63) is 103 Å². The van der Waals surface area contributed by atoms with Gasteiger partial charge < -0.3 is 14.4 Å². The van der Waals surface area contributed by atoms with Crippen molar-refractivity contribution in [2.45, 2.75) is 26.1 Å². The van der Waals surface area contributed by atoms with Gasteiger partial charge in [0, 0.05) is 22.2 Å². The first kappa shape index (κ1) is 24.2. The summed E-state index contributed by atoms with van der Waals surface area (Å²) in [5.74, 6) is -1.89. The molecule has 1 aromatic heterocycles. The number of nitrogens with one attached hydrogen (secondary N) is 1. The van der Waals surface area contributed by atoms with E-state index >= 15 is 0 Å². The van der Waals surface area contributed by atoms with Gasteiger partial charge in [0.15, 0.2) is 6.73 Å². The SMILES string of the molecule is COC1=CC2C(CC(=O)OCn3cc(F)c(=O)[nH]c3=O)=C(C)N(C(=O)c3ccc(Cl)cc3)[C@@H]2C=C1. The van der Waals surface area contributed by atoms with Gasteiger partial charge in [0.05, 0.1) is 25.8 Å². The van der Waals surface area contributed by atoms with E-state index in [4.69, 9.17) is 21.1 Å². The van der Waals surface area contributed by atoms with Crippen LogP contribution in [-0.2, 0) is 21.0 Å². The van der Waals surface area contributed by atoms with Crippen LogP contribution < -0.4 is 11.2 Å². The average Bonchev–Trinajstić information content (AvgIpc) is 3.10. The van der Waals surface area contributed by atoms with E-state index in [-0.39, 0.29) is 24.3 Å². The Morgan fingerprint density at radius 2 is 1.91 bits per heavy atom. The third-order valence-electron chi connectivity index (χ3n) is 5.91. The van der Waals surface area contributed by atoms with E-state index in [1.165, 1.54) is 7.11 Å². The Morgan fingerprint density at radius 3 is 2.60 bits per heavy atom. The normalized spacial score (nSPS) is 18.9. The number of nitrogens with zero attached hydrogens (tertiary/aromatic N) is 2. The fourth-order valence-corrected chi connectivity index (χ4v) is 4.27. The highest BCUT2D eigenvalue weighted by molar-refractivity contribution is 6.30. The number of rotatable bonds is 6. The third-order valence-corrected chi connectivity index (χ3v) is 6.16. The van der Waals surface area contributed by atoms with Crippen molar-refractivity contribution in [2.75, 3.05) is 7.11 Å². The molecule has 1 aliphatic heterocycles. The van der Waals surface area contributed by atoms with Crippen molar-refractivity contribution < 1.29 is 23.5 Å². The zero-order valence-corrected chi connectivity index (χ0v) is 19.5. The Bertz CT molecular complexity index is 1390. The molecule has 11 heteroatoms. The number of aromatic nitrogens is 2. The number of carbonyl (C=O) groups excluding carboxylic acids is 2. The van der Waals surface area contributed by atoms with Gasteiger partial charge in [-0.2, -0.15) is 4.39 Å². The number of halogens is 2. The largest absolute Gasteiger partial charge is 0.497 e. The number of ether oxygens (including phenoxy) is 2. The summed E-state index contributed by atoms with van der Waals surface area (Å²) in [6.07, 6.45) is 5.90. The average molecular weight is 502 g/mol. The molecule has 4 rings (SSSR count). The molecule has 0 saturated heterocycles. The van der Waals surface area contributed by atoms with Gasteiger partial charge in [0.2, 0.25) is 5.82 Å². The molecule has 2 aromatic rings. The summed E-state index contributed by atoms with van der Waals surface area (Å²) in [4.78, 5) is 52.4. The van der Waals surface area contributed by atoms with Gasteiger partial charge in [-0.1, -0.05) is 17.7 Å². The monoisotopic (exact) mass is 501 g/mol. The van der Waals surface area contributed by atoms with Gasteiger partial charge >= 0.3 is 11.7 Å². The van der Waals surface area contributed by atoms with Crippen LogP contribution in [0, 0.1) is 11.7 Å². The van der Waals surface area contributed by atoms with Crippen LogP contribution in [0.4, 0.5) is 4.39 Å². The third kappa shape index (κ3) is 4.83. The van der Waals surface area contributed by atoms with E-state index in [2.05, 4.69) is 0 Å². The van der Waals surface area contributed by atoms with Crippen LogP contribution in [0.3, 0.4) is 0 Å². The van der Waals surface area contributed by atoms with Crippen LogP contribution in [0.2, 0.25) is 5.02 Å². The van der Waals surface area contributed by atoms with Crippen molar-refractivity contribution in [3.63, 3.8) is 0 Å². The van der Waals surface area contributed by atoms with Gasteiger partial charge in [-0.15, -0.1) is 0 Å². The molecule has 0 radical (unpaired) electrons. The highest BCUT2D eigenvalue weighted by atomic mass is 35.5. The van der Waals surface area contributed by atoms with Crippen LogP contribution in [0.5, 0.6) is 0 Å². The number of aromatic amines is 1. The van der Waals surface area contributed by atoms with Gasteiger partial charge in [0.1, 0.15) is 5.76 Å². The molecule has 2 aliphatic rings. The van der Waals surface area contributed by atoms with E-state index < -0.39 is 29.8 Å². The highest BCUT2D eigenvalue weighted by Gasteiger charge is 2.42. The molecule has 0 fully saturated rings. The topological polar surface area (TPSA) is 111 Å². The van der Waals surface area contributed by atoms with Crippen LogP contribution in [0.15, 0.2) is 75.3 Å². The van der Waals surface area contributed by atoms with Crippen LogP contribution in [0.25, 0.3) is 0 Å². The van der Waals surface area contributed by atoms with Crippen molar-refractivity contribution in [1.29, 1.82) is 0 Å². The van der Waals surface area contributed by atoms with Crippen molar-refractivity contribution in [3.8, 4) is 0 Å². The second-order valence-corrected chi connectivity index (χ2v) is 8.41. The Kier molecular flexibility index (Phi) is 6.74. The molecule has 1 amide bonds. The van der Waals surface area contributed by atoms with Crippen molar-refractivity contribution >= 4 is 23.5 Å². The lowest BCUT2D eigenvalue weighted by Gasteiger charge is -2.29. The molecular formula is C24H21ClFN3O6. The fourth-order valence-electron chi connectivity index (χ4n) is 4.14. The molecule has 0 bridgehead atoms. The predicted octanol–water partition coefficient (Wildman–Crippen LogP) is 2.73. The summed E-state index contributed by atoms with van der Waals surface area (Å²) >= 11 is 5.95. The summed E-state index contributed by atoms with van der Waals surface area (Å²) in [7, 11) is 1.52. The smallest absolute Gasteiger partial charge is 0.331 e. The molecule has 35 heavy (non-hydrogen) atoms. The minimum absolute atomic E-state index is 0.181. The lowest BCUT2D eigenvalue weighted by Crippen LogP contribution is -2.37. The Balaban J connectivity index is 1.58. The molecule has 0 saturated carbocycles. The Labute approximate surface area is 203 Å². The summed E-state index contributed by atoms with van der Waals surface area (Å²) in [5, 5.41) is 0.503. The first-order valence-corrected chi connectivity index (χ1v) is 10.9. The van der Waals surface area contributed by atoms with Gasteiger partial charge in [-0.3, -0.25) is 23.9 Å². The number of methoxy groups -OCH3 is 1. The molecule has 1 aliphatic carbocycles. The van der Waals surface area contributed by atoms with Crippen molar-refractivity contribution in [1.82, 2.24) is 14.5 Å². The molecular weight excluding hydrogens is 481 g/mol. The van der Waals surface area contributed by atoms with Crippen LogP contribution >= 0.6 is 11.6 Å². The zero-order chi connectivity index (χ0) is 25.3. The van der Waals surface area contributed by atoms with Gasteiger partial charge in [-0.05, 0) is 48.9 Å². The summed E-state index contributed by atoms with van der Waals surface area (Å²) < 4.78 is 24.7. The number of hydrogen-bond donors (Lipinski definition) is 1. The lowest BCUT2D eigenvalue weighted by molar-refractivity contribution is -0.146. The molecule has 9 nitrogen and oxygen atoms in total. The quantitative estimate of drug-likeness (QED) is 0.609. The molecule has 1 N–H and O–H groups in total. The van der Waals surface area contributed by atoms with Gasteiger partial charge in [-0.25, -0.2) is 4.79 Å². The van der Waals surface area contributed by atoms with Crippen LogP contribution in [-0.4, -0.2) is 39.5 Å². The lowest BCUT2D eigenvalue weighted by atomic mass is 9.88. The number of esters is 1. The second kappa shape index (κ2) is 9.75. The zero-order valence-electron chi connectivity index (χ0n) is 18.8. The van der Waals surface area contributed by atoms with E-state index in [0.29, 0.717) is 33.8 Å². The number of amides is 1.